The molecule has 2 atom stereocenters. The largest absolute Gasteiger partial charge is 0.389 e. The van der Waals surface area contributed by atoms with Crippen LogP contribution in [0.1, 0.15) is 38.4 Å². The van der Waals surface area contributed by atoms with Gasteiger partial charge in [-0.25, -0.2) is 0 Å². The Morgan fingerprint density at radius 3 is 2.19 bits per heavy atom. The lowest BCUT2D eigenvalue weighted by Gasteiger charge is -2.27. The second kappa shape index (κ2) is 4.46. The van der Waals surface area contributed by atoms with Crippen molar-refractivity contribution in [1.29, 1.82) is 0 Å². The van der Waals surface area contributed by atoms with E-state index in [0.29, 0.717) is 6.04 Å². The highest BCUT2D eigenvalue weighted by Gasteiger charge is 2.30. The summed E-state index contributed by atoms with van der Waals surface area (Å²) in [6, 6.07) is 8.84. The van der Waals surface area contributed by atoms with Gasteiger partial charge in [0.05, 0.1) is 6.10 Å². The van der Waals surface area contributed by atoms with E-state index in [1.165, 1.54) is 18.5 Å². The van der Waals surface area contributed by atoms with Crippen LogP contribution >= 0.6 is 0 Å². The molecule has 0 heterocycles. The van der Waals surface area contributed by atoms with Crippen molar-refractivity contribution in [2.24, 2.45) is 5.92 Å². The quantitative estimate of drug-likeness (QED) is 0.841. The Kier molecular flexibility index (Phi) is 3.20. The first-order valence-electron chi connectivity index (χ1n) is 6.10. The van der Waals surface area contributed by atoms with Gasteiger partial charge in [-0.1, -0.05) is 12.1 Å². The highest BCUT2D eigenvalue weighted by Crippen LogP contribution is 2.36. The standard InChI is InChI=1S/C14H21NO/c1-10(12-4-5-12)15(3)14-8-6-13(7-9-14)11(2)16/h6-12,16H,4-5H2,1-3H3/t10?,11-/m1/s1. The van der Waals surface area contributed by atoms with E-state index >= 15 is 0 Å². The van der Waals surface area contributed by atoms with E-state index in [1.807, 2.05) is 12.1 Å². The molecule has 1 saturated carbocycles. The molecule has 0 spiro atoms. The first-order valence-corrected chi connectivity index (χ1v) is 6.10. The lowest BCUT2D eigenvalue weighted by molar-refractivity contribution is 0.199. The number of aliphatic hydroxyl groups excluding tert-OH is 1. The zero-order valence-corrected chi connectivity index (χ0v) is 10.4. The van der Waals surface area contributed by atoms with E-state index in [9.17, 15) is 5.11 Å². The van der Waals surface area contributed by atoms with E-state index in [4.69, 9.17) is 0 Å². The van der Waals surface area contributed by atoms with Crippen LogP contribution in [0.5, 0.6) is 0 Å². The van der Waals surface area contributed by atoms with Crippen LogP contribution in [0.2, 0.25) is 0 Å². The Morgan fingerprint density at radius 1 is 1.19 bits per heavy atom. The number of anilines is 1. The average molecular weight is 219 g/mol. The highest BCUT2D eigenvalue weighted by atomic mass is 16.3. The zero-order valence-electron chi connectivity index (χ0n) is 10.4. The van der Waals surface area contributed by atoms with Crippen LogP contribution in [0, 0.1) is 5.92 Å². The van der Waals surface area contributed by atoms with Gasteiger partial charge in [-0.05, 0) is 50.3 Å². The summed E-state index contributed by atoms with van der Waals surface area (Å²) in [6.45, 7) is 4.09. The van der Waals surface area contributed by atoms with Gasteiger partial charge in [-0.3, -0.25) is 0 Å². The Morgan fingerprint density at radius 2 is 1.75 bits per heavy atom. The van der Waals surface area contributed by atoms with Gasteiger partial charge in [0.25, 0.3) is 0 Å². The van der Waals surface area contributed by atoms with E-state index in [1.54, 1.807) is 6.92 Å². The summed E-state index contributed by atoms with van der Waals surface area (Å²) < 4.78 is 0. The van der Waals surface area contributed by atoms with Crippen molar-refractivity contribution in [3.8, 4) is 0 Å². The maximum Gasteiger partial charge on any atom is 0.0761 e. The molecule has 2 rings (SSSR count). The summed E-state index contributed by atoms with van der Waals surface area (Å²) >= 11 is 0. The van der Waals surface area contributed by atoms with Gasteiger partial charge in [0.1, 0.15) is 0 Å². The molecule has 0 bridgehead atoms. The normalized spacial score (nSPS) is 19.2. The molecule has 88 valence electrons. The molecule has 1 N–H and O–H groups in total. The van der Waals surface area contributed by atoms with Gasteiger partial charge in [-0.15, -0.1) is 0 Å². The van der Waals surface area contributed by atoms with E-state index in [0.717, 1.165) is 11.5 Å². The van der Waals surface area contributed by atoms with Crippen molar-refractivity contribution in [2.45, 2.75) is 38.8 Å². The summed E-state index contributed by atoms with van der Waals surface area (Å²) in [5.41, 5.74) is 2.22. The molecule has 1 aliphatic carbocycles. The Balaban J connectivity index is 2.08. The van der Waals surface area contributed by atoms with Gasteiger partial charge < -0.3 is 10.0 Å². The predicted octanol–water partition coefficient (Wildman–Crippen LogP) is 2.97. The smallest absolute Gasteiger partial charge is 0.0761 e. The van der Waals surface area contributed by atoms with Crippen LogP contribution in [-0.4, -0.2) is 18.2 Å². The zero-order chi connectivity index (χ0) is 11.7. The number of hydrogen-bond donors (Lipinski definition) is 1. The molecule has 16 heavy (non-hydrogen) atoms. The van der Waals surface area contributed by atoms with Crippen molar-refractivity contribution >= 4 is 5.69 Å². The lowest BCUT2D eigenvalue weighted by Crippen LogP contribution is -2.30. The van der Waals surface area contributed by atoms with Gasteiger partial charge in [-0.2, -0.15) is 0 Å². The van der Waals surface area contributed by atoms with Crippen LogP contribution in [0.15, 0.2) is 24.3 Å². The van der Waals surface area contributed by atoms with Crippen LogP contribution < -0.4 is 4.90 Å². The van der Waals surface area contributed by atoms with Crippen molar-refractivity contribution in [3.05, 3.63) is 29.8 Å². The second-order valence-corrected chi connectivity index (χ2v) is 4.96. The van der Waals surface area contributed by atoms with Gasteiger partial charge in [0.2, 0.25) is 0 Å². The van der Waals surface area contributed by atoms with Crippen molar-refractivity contribution in [2.75, 3.05) is 11.9 Å². The molecule has 0 saturated heterocycles. The number of rotatable bonds is 4. The van der Waals surface area contributed by atoms with E-state index in [2.05, 4.69) is 31.0 Å². The molecule has 2 nitrogen and oxygen atoms in total. The highest BCUT2D eigenvalue weighted by molar-refractivity contribution is 5.48. The molecule has 1 fully saturated rings. The molecule has 0 radical (unpaired) electrons. The van der Waals surface area contributed by atoms with Gasteiger partial charge in [0.15, 0.2) is 0 Å². The first kappa shape index (κ1) is 11.5. The molecule has 1 aliphatic rings. The summed E-state index contributed by atoms with van der Waals surface area (Å²) in [5.74, 6) is 0.876. The maximum absolute atomic E-state index is 9.45. The number of nitrogens with zero attached hydrogens (tertiary/aromatic N) is 1. The summed E-state index contributed by atoms with van der Waals surface area (Å²) in [6.07, 6.45) is 2.37. The molecule has 2 heteroatoms. The molecule has 1 aromatic carbocycles. The predicted molar refractivity (Wildman–Crippen MR) is 67.7 cm³/mol. The molecule has 1 aromatic rings. The Hall–Kier alpha value is -1.02. The minimum absolute atomic E-state index is 0.375. The topological polar surface area (TPSA) is 23.5 Å². The number of benzene rings is 1. The molecule has 0 amide bonds. The fourth-order valence-electron chi connectivity index (χ4n) is 2.12. The van der Waals surface area contributed by atoms with Crippen molar-refractivity contribution < 1.29 is 5.11 Å². The second-order valence-electron chi connectivity index (χ2n) is 4.96. The third-order valence-corrected chi connectivity index (χ3v) is 3.70. The van der Waals surface area contributed by atoms with Crippen molar-refractivity contribution in [1.82, 2.24) is 0 Å². The Labute approximate surface area is 97.9 Å². The number of aliphatic hydroxyl groups is 1. The molecule has 0 aliphatic heterocycles. The maximum atomic E-state index is 9.45. The van der Waals surface area contributed by atoms with E-state index < -0.39 is 0 Å². The van der Waals surface area contributed by atoms with Crippen LogP contribution in [0.3, 0.4) is 0 Å². The SMILES string of the molecule is CC(C1CC1)N(C)c1ccc([C@@H](C)O)cc1. The molecular weight excluding hydrogens is 198 g/mol. The molecule has 1 unspecified atom stereocenters. The summed E-state index contributed by atoms with van der Waals surface area (Å²) in [5, 5.41) is 9.45. The van der Waals surface area contributed by atoms with Crippen LogP contribution in [0.25, 0.3) is 0 Å². The van der Waals surface area contributed by atoms with Crippen LogP contribution in [0.4, 0.5) is 5.69 Å². The molecule has 0 aromatic heterocycles. The first-order chi connectivity index (χ1) is 7.59. The lowest BCUT2D eigenvalue weighted by atomic mass is 10.1. The van der Waals surface area contributed by atoms with Gasteiger partial charge in [0, 0.05) is 18.8 Å². The van der Waals surface area contributed by atoms with Gasteiger partial charge >= 0.3 is 0 Å². The summed E-state index contributed by atoms with van der Waals surface area (Å²) in [7, 11) is 2.15. The fraction of sp³-hybridized carbons (Fsp3) is 0.571. The number of hydrogen-bond acceptors (Lipinski definition) is 2. The Bertz CT molecular complexity index is 340. The average Bonchev–Trinajstić information content (AvgIpc) is 3.11. The minimum atomic E-state index is -0.375. The monoisotopic (exact) mass is 219 g/mol. The third-order valence-electron chi connectivity index (χ3n) is 3.70. The van der Waals surface area contributed by atoms with E-state index in [-0.39, 0.29) is 6.10 Å². The molecular formula is C14H21NO. The summed E-state index contributed by atoms with van der Waals surface area (Å²) in [4.78, 5) is 2.34. The fourth-order valence-corrected chi connectivity index (χ4v) is 2.12. The van der Waals surface area contributed by atoms with Crippen molar-refractivity contribution in [3.63, 3.8) is 0 Å². The minimum Gasteiger partial charge on any atom is -0.389 e. The third kappa shape index (κ3) is 2.38. The van der Waals surface area contributed by atoms with Crippen LogP contribution in [-0.2, 0) is 0 Å².